The van der Waals surface area contributed by atoms with Gasteiger partial charge in [-0.25, -0.2) is 14.4 Å². The third kappa shape index (κ3) is 5.11. The summed E-state index contributed by atoms with van der Waals surface area (Å²) >= 11 is 0. The van der Waals surface area contributed by atoms with Gasteiger partial charge in [0.15, 0.2) is 0 Å². The molecule has 1 saturated heterocycles. The van der Waals surface area contributed by atoms with Crippen LogP contribution in [-0.2, 0) is 19.1 Å². The lowest BCUT2D eigenvalue weighted by Gasteiger charge is -2.30. The number of carboxylic acids is 1. The number of nitrogens with zero attached hydrogens (tertiary/aromatic N) is 2. The Morgan fingerprint density at radius 1 is 1.29 bits per heavy atom. The second kappa shape index (κ2) is 8.44. The van der Waals surface area contributed by atoms with Gasteiger partial charge in [0.2, 0.25) is 6.10 Å². The van der Waals surface area contributed by atoms with Crippen LogP contribution in [0.2, 0.25) is 0 Å². The molecular formula is C18H23N2O8-. The van der Waals surface area contributed by atoms with Gasteiger partial charge in [-0.3, -0.25) is 10.1 Å². The quantitative estimate of drug-likeness (QED) is 0.568. The van der Waals surface area contributed by atoms with Crippen molar-refractivity contribution in [2.45, 2.75) is 51.4 Å². The summed E-state index contributed by atoms with van der Waals surface area (Å²) < 4.78 is 10.5. The zero-order chi connectivity index (χ0) is 21.1. The highest BCUT2D eigenvalue weighted by Crippen LogP contribution is 2.31. The van der Waals surface area contributed by atoms with Crippen molar-refractivity contribution in [3.8, 4) is 0 Å². The molecular weight excluding hydrogens is 372 g/mol. The minimum atomic E-state index is -1.67. The molecule has 2 atom stereocenters. The van der Waals surface area contributed by atoms with Gasteiger partial charge < -0.3 is 25.0 Å². The standard InChI is InChI=1S/C18H23N2O8/c1-18(2,3)28-16(23)14(11-7-4-5-8-12(11)20(25)26)27-17(24)19-10-6-9-13(19)15(21)22/h4-5,7-8,13-14,25H,6,9-10H2,1-3H3,(H,21,22)/q-1/t13-,14?/m0/s1. The van der Waals surface area contributed by atoms with Crippen LogP contribution in [0, 0.1) is 5.21 Å². The Morgan fingerprint density at radius 3 is 2.50 bits per heavy atom. The van der Waals surface area contributed by atoms with Gasteiger partial charge in [-0.1, -0.05) is 18.2 Å². The Balaban J connectivity index is 2.35. The molecule has 0 saturated carbocycles. The zero-order valence-electron chi connectivity index (χ0n) is 15.8. The maximum absolute atomic E-state index is 12.7. The summed E-state index contributed by atoms with van der Waals surface area (Å²) in [5.41, 5.74) is -1.30. The molecule has 28 heavy (non-hydrogen) atoms. The Bertz CT molecular complexity index is 743. The van der Waals surface area contributed by atoms with E-state index in [0.29, 0.717) is 6.42 Å². The van der Waals surface area contributed by atoms with Crippen LogP contribution in [0.25, 0.3) is 0 Å². The van der Waals surface area contributed by atoms with Crippen LogP contribution >= 0.6 is 0 Å². The number of esters is 1. The van der Waals surface area contributed by atoms with Crippen LogP contribution in [0.4, 0.5) is 10.5 Å². The van der Waals surface area contributed by atoms with Crippen molar-refractivity contribution in [2.75, 3.05) is 11.8 Å². The Labute approximate surface area is 161 Å². The molecule has 10 nitrogen and oxygen atoms in total. The van der Waals surface area contributed by atoms with Crippen molar-refractivity contribution >= 4 is 23.7 Å². The summed E-state index contributed by atoms with van der Waals surface area (Å²) in [5, 5.41) is 29.6. The fourth-order valence-corrected chi connectivity index (χ4v) is 2.89. The van der Waals surface area contributed by atoms with E-state index in [4.69, 9.17) is 9.47 Å². The maximum atomic E-state index is 12.7. The van der Waals surface area contributed by atoms with Gasteiger partial charge in [0.1, 0.15) is 11.6 Å². The number of hydrogen-bond donors (Lipinski definition) is 2. The molecule has 1 amide bonds. The van der Waals surface area contributed by atoms with Gasteiger partial charge in [-0.15, -0.1) is 0 Å². The maximum Gasteiger partial charge on any atom is 0.411 e. The smallest absolute Gasteiger partial charge is 0.411 e. The lowest BCUT2D eigenvalue weighted by atomic mass is 10.1. The first-order valence-electron chi connectivity index (χ1n) is 8.69. The predicted molar refractivity (Wildman–Crippen MR) is 96.5 cm³/mol. The number of carbonyl (C=O) groups is 3. The summed E-state index contributed by atoms with van der Waals surface area (Å²) in [4.78, 5) is 37.6. The van der Waals surface area contributed by atoms with Crippen LogP contribution in [0.1, 0.15) is 45.3 Å². The molecule has 0 spiro atoms. The summed E-state index contributed by atoms with van der Waals surface area (Å²) in [6.07, 6.45) is -1.94. The van der Waals surface area contributed by atoms with Crippen molar-refractivity contribution in [1.82, 2.24) is 4.90 Å². The van der Waals surface area contributed by atoms with E-state index in [2.05, 4.69) is 0 Å². The van der Waals surface area contributed by atoms with Gasteiger partial charge in [0, 0.05) is 12.1 Å². The Kier molecular flexibility index (Phi) is 6.47. The lowest BCUT2D eigenvalue weighted by Crippen LogP contribution is -2.42. The third-order valence-corrected chi connectivity index (χ3v) is 4.04. The number of rotatable bonds is 5. The highest BCUT2D eigenvalue weighted by atomic mass is 16.8. The molecule has 0 radical (unpaired) electrons. The molecule has 1 aliphatic heterocycles. The van der Waals surface area contributed by atoms with Gasteiger partial charge in [-0.05, 0) is 39.7 Å². The number of carbonyl (C=O) groups excluding carboxylic acids is 2. The molecule has 10 heteroatoms. The number of aliphatic carboxylic acids is 1. The third-order valence-electron chi connectivity index (χ3n) is 4.04. The molecule has 1 aliphatic rings. The number of benzene rings is 1. The fraction of sp³-hybridized carbons (Fsp3) is 0.500. The molecule has 2 rings (SSSR count). The molecule has 154 valence electrons. The minimum Gasteiger partial charge on any atom is -0.733 e. The van der Waals surface area contributed by atoms with E-state index in [9.17, 15) is 29.9 Å². The van der Waals surface area contributed by atoms with Crippen LogP contribution < -0.4 is 5.23 Å². The van der Waals surface area contributed by atoms with Crippen LogP contribution in [0.15, 0.2) is 24.3 Å². The number of ether oxygens (including phenoxy) is 2. The normalized spacial score (nSPS) is 17.8. The molecule has 0 aromatic heterocycles. The van der Waals surface area contributed by atoms with Crippen LogP contribution in [-0.4, -0.2) is 51.4 Å². The average molecular weight is 395 g/mol. The highest BCUT2D eigenvalue weighted by Gasteiger charge is 2.39. The zero-order valence-corrected chi connectivity index (χ0v) is 15.8. The van der Waals surface area contributed by atoms with E-state index >= 15 is 0 Å². The monoisotopic (exact) mass is 395 g/mol. The van der Waals surface area contributed by atoms with Gasteiger partial charge >= 0.3 is 18.0 Å². The summed E-state index contributed by atoms with van der Waals surface area (Å²) in [5.74, 6) is -2.13. The van der Waals surface area contributed by atoms with E-state index in [1.807, 2.05) is 0 Å². The van der Waals surface area contributed by atoms with Crippen molar-refractivity contribution in [3.05, 3.63) is 35.0 Å². The number of para-hydroxylation sites is 1. The minimum absolute atomic E-state index is 0.0892. The van der Waals surface area contributed by atoms with Crippen molar-refractivity contribution in [1.29, 1.82) is 0 Å². The highest BCUT2D eigenvalue weighted by molar-refractivity contribution is 5.85. The number of anilines is 1. The largest absolute Gasteiger partial charge is 0.733 e. The summed E-state index contributed by atoms with van der Waals surface area (Å²) in [7, 11) is 0. The molecule has 1 unspecified atom stereocenters. The first kappa shape index (κ1) is 21.5. The van der Waals surface area contributed by atoms with Crippen molar-refractivity contribution in [2.24, 2.45) is 0 Å². The number of likely N-dealkylation sites (tertiary alicyclic amines) is 1. The molecule has 1 aromatic carbocycles. The van der Waals surface area contributed by atoms with E-state index in [1.54, 1.807) is 20.8 Å². The molecule has 2 N–H and O–H groups in total. The van der Waals surface area contributed by atoms with E-state index in [-0.39, 0.29) is 24.2 Å². The molecule has 0 aliphatic carbocycles. The fourth-order valence-electron chi connectivity index (χ4n) is 2.89. The average Bonchev–Trinajstić information content (AvgIpc) is 3.08. The first-order valence-corrected chi connectivity index (χ1v) is 8.69. The second-order valence-corrected chi connectivity index (χ2v) is 7.32. The van der Waals surface area contributed by atoms with E-state index in [0.717, 1.165) is 4.90 Å². The molecule has 1 fully saturated rings. The first-order chi connectivity index (χ1) is 13.0. The van der Waals surface area contributed by atoms with Crippen molar-refractivity contribution in [3.63, 3.8) is 0 Å². The number of hydrogen-bond acceptors (Lipinski definition) is 8. The predicted octanol–water partition coefficient (Wildman–Crippen LogP) is 2.45. The topological polar surface area (TPSA) is 140 Å². The van der Waals surface area contributed by atoms with Gasteiger partial charge in [0.05, 0.1) is 5.69 Å². The Hall–Kier alpha value is -2.85. The lowest BCUT2D eigenvalue weighted by molar-refractivity contribution is -0.166. The van der Waals surface area contributed by atoms with Crippen LogP contribution in [0.3, 0.4) is 0 Å². The summed E-state index contributed by atoms with van der Waals surface area (Å²) in [6.45, 7) is 5.00. The Morgan fingerprint density at radius 2 is 1.93 bits per heavy atom. The second-order valence-electron chi connectivity index (χ2n) is 7.32. The molecule has 0 bridgehead atoms. The summed E-state index contributed by atoms with van der Waals surface area (Å²) in [6, 6.07) is 4.45. The molecule has 1 heterocycles. The van der Waals surface area contributed by atoms with Crippen molar-refractivity contribution < 1.29 is 34.2 Å². The van der Waals surface area contributed by atoms with Gasteiger partial charge in [0.25, 0.3) is 0 Å². The number of carboxylic acid groups (broad SMARTS) is 1. The van der Waals surface area contributed by atoms with Crippen LogP contribution in [0.5, 0.6) is 0 Å². The molecule has 1 aromatic rings. The number of amides is 1. The van der Waals surface area contributed by atoms with Gasteiger partial charge in [-0.2, -0.15) is 0 Å². The van der Waals surface area contributed by atoms with E-state index in [1.165, 1.54) is 24.3 Å². The van der Waals surface area contributed by atoms with E-state index < -0.39 is 41.0 Å². The SMILES string of the molecule is CC(C)(C)OC(=O)C(OC(=O)N1CCC[C@H]1C(=O)O)c1ccccc1N([O-])O.